The number of fused-ring (bicyclic) bond motifs is 1. The molecule has 0 saturated heterocycles. The van der Waals surface area contributed by atoms with Crippen LogP contribution in [0.1, 0.15) is 24.0 Å². The van der Waals surface area contributed by atoms with Crippen LogP contribution in [-0.2, 0) is 20.2 Å². The average Bonchev–Trinajstić information content (AvgIpc) is 3.08. The molecule has 0 spiro atoms. The standard InChI is InChI=1S/C12H11NO4S/c14-11(15)12(4-5-12)9-1-2-10-8(7-9)3-6-18(16,17)13-10/h1-3,6-7,13H,4-5H2,(H,14,15). The number of benzene rings is 1. The first kappa shape index (κ1) is 11.3. The summed E-state index contributed by atoms with van der Waals surface area (Å²) in [4.78, 5) is 11.2. The highest BCUT2D eigenvalue weighted by Crippen LogP contribution is 2.49. The van der Waals surface area contributed by atoms with Crippen LogP contribution in [0.2, 0.25) is 0 Å². The number of nitrogens with one attached hydrogen (secondary N) is 1. The van der Waals surface area contributed by atoms with Gasteiger partial charge in [-0.2, -0.15) is 0 Å². The highest BCUT2D eigenvalue weighted by atomic mass is 32.2. The first-order chi connectivity index (χ1) is 8.43. The van der Waals surface area contributed by atoms with Gasteiger partial charge in [0.05, 0.1) is 16.5 Å². The van der Waals surface area contributed by atoms with Crippen LogP contribution in [0.3, 0.4) is 0 Å². The first-order valence-corrected chi connectivity index (χ1v) is 7.06. The van der Waals surface area contributed by atoms with Crippen LogP contribution in [0.4, 0.5) is 5.69 Å². The maximum Gasteiger partial charge on any atom is 0.314 e. The SMILES string of the molecule is O=C(O)C1(c2ccc3c(c2)C=CS(=O)(=O)N3)CC1. The summed E-state index contributed by atoms with van der Waals surface area (Å²) >= 11 is 0. The van der Waals surface area contributed by atoms with Gasteiger partial charge >= 0.3 is 5.97 Å². The molecule has 1 aromatic carbocycles. The van der Waals surface area contributed by atoms with E-state index >= 15 is 0 Å². The van der Waals surface area contributed by atoms with E-state index < -0.39 is 21.4 Å². The number of carboxylic acid groups (broad SMARTS) is 1. The lowest BCUT2D eigenvalue weighted by Crippen LogP contribution is -2.20. The molecule has 18 heavy (non-hydrogen) atoms. The van der Waals surface area contributed by atoms with Gasteiger partial charge in [0.15, 0.2) is 0 Å². The molecule has 0 bridgehead atoms. The molecule has 5 nitrogen and oxygen atoms in total. The zero-order valence-corrected chi connectivity index (χ0v) is 10.2. The predicted octanol–water partition coefficient (Wildman–Crippen LogP) is 1.53. The molecule has 0 aromatic heterocycles. The van der Waals surface area contributed by atoms with E-state index in [1.807, 2.05) is 0 Å². The van der Waals surface area contributed by atoms with Crippen molar-refractivity contribution in [3.8, 4) is 0 Å². The fourth-order valence-electron chi connectivity index (χ4n) is 2.19. The summed E-state index contributed by atoms with van der Waals surface area (Å²) in [6, 6.07) is 5.05. The van der Waals surface area contributed by atoms with Crippen LogP contribution in [0, 0.1) is 0 Å². The van der Waals surface area contributed by atoms with Gasteiger partial charge in [0.25, 0.3) is 10.0 Å². The molecule has 1 aliphatic carbocycles. The Morgan fingerprint density at radius 3 is 2.67 bits per heavy atom. The molecule has 1 aliphatic heterocycles. The van der Waals surface area contributed by atoms with Crippen LogP contribution in [-0.4, -0.2) is 19.5 Å². The summed E-state index contributed by atoms with van der Waals surface area (Å²) in [5.41, 5.74) is 1.16. The van der Waals surface area contributed by atoms with Gasteiger partial charge in [-0.1, -0.05) is 6.07 Å². The van der Waals surface area contributed by atoms with E-state index in [-0.39, 0.29) is 0 Å². The second-order valence-corrected chi connectivity index (χ2v) is 6.21. The lowest BCUT2D eigenvalue weighted by Gasteiger charge is -2.16. The molecule has 3 rings (SSSR count). The highest BCUT2D eigenvalue weighted by molar-refractivity contribution is 7.95. The van der Waals surface area contributed by atoms with Gasteiger partial charge in [0, 0.05) is 0 Å². The molecule has 1 saturated carbocycles. The number of carboxylic acids is 1. The third-order valence-corrected chi connectivity index (χ3v) is 4.44. The Kier molecular flexibility index (Phi) is 2.10. The molecule has 2 N–H and O–H groups in total. The van der Waals surface area contributed by atoms with Crippen molar-refractivity contribution in [3.05, 3.63) is 34.7 Å². The average molecular weight is 265 g/mol. The number of sulfonamides is 1. The third kappa shape index (κ3) is 1.60. The summed E-state index contributed by atoms with van der Waals surface area (Å²) < 4.78 is 25.0. The normalized spacial score (nSPS) is 21.8. The maximum atomic E-state index is 11.3. The quantitative estimate of drug-likeness (QED) is 0.849. The van der Waals surface area contributed by atoms with E-state index in [4.69, 9.17) is 0 Å². The Bertz CT molecular complexity index is 671. The van der Waals surface area contributed by atoms with Crippen molar-refractivity contribution in [2.24, 2.45) is 0 Å². The van der Waals surface area contributed by atoms with Crippen LogP contribution in [0.5, 0.6) is 0 Å². The number of hydrogen-bond acceptors (Lipinski definition) is 3. The molecule has 1 aromatic rings. The number of aliphatic carboxylic acids is 1. The van der Waals surface area contributed by atoms with E-state index in [0.717, 1.165) is 11.0 Å². The van der Waals surface area contributed by atoms with E-state index in [1.54, 1.807) is 18.2 Å². The van der Waals surface area contributed by atoms with Crippen molar-refractivity contribution in [3.63, 3.8) is 0 Å². The van der Waals surface area contributed by atoms with Crippen molar-refractivity contribution < 1.29 is 18.3 Å². The number of hydrogen-bond donors (Lipinski definition) is 2. The second-order valence-electron chi connectivity index (χ2n) is 4.64. The van der Waals surface area contributed by atoms with Crippen molar-refractivity contribution in [1.82, 2.24) is 0 Å². The third-order valence-electron chi connectivity index (χ3n) is 3.44. The van der Waals surface area contributed by atoms with Gasteiger partial charge in [-0.25, -0.2) is 8.42 Å². The topological polar surface area (TPSA) is 83.5 Å². The highest BCUT2D eigenvalue weighted by Gasteiger charge is 2.51. The molecule has 94 valence electrons. The summed E-state index contributed by atoms with van der Waals surface area (Å²) in [7, 11) is -3.39. The van der Waals surface area contributed by atoms with Gasteiger partial charge in [-0.15, -0.1) is 0 Å². The molecule has 1 heterocycles. The zero-order valence-electron chi connectivity index (χ0n) is 9.38. The monoisotopic (exact) mass is 265 g/mol. The fraction of sp³-hybridized carbons (Fsp3) is 0.250. The van der Waals surface area contributed by atoms with E-state index in [0.29, 0.717) is 24.1 Å². The van der Waals surface area contributed by atoms with Gasteiger partial charge in [0.2, 0.25) is 0 Å². The van der Waals surface area contributed by atoms with Crippen LogP contribution in [0.25, 0.3) is 6.08 Å². The Labute approximate surface area is 104 Å². The Morgan fingerprint density at radius 1 is 1.33 bits per heavy atom. The van der Waals surface area contributed by atoms with Crippen molar-refractivity contribution in [2.45, 2.75) is 18.3 Å². The molecular weight excluding hydrogens is 254 g/mol. The molecule has 2 aliphatic rings. The molecule has 6 heteroatoms. The second kappa shape index (κ2) is 3.35. The largest absolute Gasteiger partial charge is 0.481 e. The predicted molar refractivity (Wildman–Crippen MR) is 66.6 cm³/mol. The van der Waals surface area contributed by atoms with E-state index in [2.05, 4.69) is 4.72 Å². The van der Waals surface area contributed by atoms with E-state index in [1.165, 1.54) is 6.08 Å². The van der Waals surface area contributed by atoms with Gasteiger partial charge < -0.3 is 5.11 Å². The smallest absolute Gasteiger partial charge is 0.314 e. The number of carbonyl (C=O) groups is 1. The molecule has 0 amide bonds. The molecule has 0 atom stereocenters. The lowest BCUT2D eigenvalue weighted by molar-refractivity contribution is -0.140. The first-order valence-electron chi connectivity index (χ1n) is 5.52. The lowest BCUT2D eigenvalue weighted by atomic mass is 9.94. The number of rotatable bonds is 2. The molecule has 0 unspecified atom stereocenters. The summed E-state index contributed by atoms with van der Waals surface area (Å²) in [6.45, 7) is 0. The molecule has 1 fully saturated rings. The summed E-state index contributed by atoms with van der Waals surface area (Å²) in [6.07, 6.45) is 2.76. The van der Waals surface area contributed by atoms with Gasteiger partial charge in [0.1, 0.15) is 0 Å². The zero-order chi connectivity index (χ0) is 13.0. The molecule has 0 radical (unpaired) electrons. The summed E-state index contributed by atoms with van der Waals surface area (Å²) in [5, 5.41) is 10.3. The maximum absolute atomic E-state index is 11.3. The van der Waals surface area contributed by atoms with Gasteiger partial charge in [-0.05, 0) is 42.2 Å². The number of anilines is 1. The van der Waals surface area contributed by atoms with Crippen LogP contribution in [0.15, 0.2) is 23.6 Å². The van der Waals surface area contributed by atoms with Gasteiger partial charge in [-0.3, -0.25) is 9.52 Å². The van der Waals surface area contributed by atoms with Crippen molar-refractivity contribution in [2.75, 3.05) is 4.72 Å². The molecular formula is C12H11NO4S. The van der Waals surface area contributed by atoms with Crippen molar-refractivity contribution in [1.29, 1.82) is 0 Å². The fourth-order valence-corrected chi connectivity index (χ4v) is 3.08. The van der Waals surface area contributed by atoms with Crippen LogP contribution < -0.4 is 4.72 Å². The minimum Gasteiger partial charge on any atom is -0.481 e. The van der Waals surface area contributed by atoms with Crippen LogP contribution >= 0.6 is 0 Å². The van der Waals surface area contributed by atoms with Crippen molar-refractivity contribution >= 4 is 27.8 Å². The summed E-state index contributed by atoms with van der Waals surface area (Å²) in [5.74, 6) is -0.817. The minimum absolute atomic E-state index is 0.488. The van der Waals surface area contributed by atoms with E-state index in [9.17, 15) is 18.3 Å². The Morgan fingerprint density at radius 2 is 2.06 bits per heavy atom. The Hall–Kier alpha value is -1.82. The minimum atomic E-state index is -3.39. The Balaban J connectivity index is 2.06.